The number of amidine groups is 1. The van der Waals surface area contributed by atoms with E-state index in [1.165, 1.54) is 43.5 Å². The fraction of sp³-hybridized carbons (Fsp3) is 0.435. The summed E-state index contributed by atoms with van der Waals surface area (Å²) in [5.74, 6) is -1.18. The van der Waals surface area contributed by atoms with E-state index < -0.39 is 32.8 Å². The first kappa shape index (κ1) is 24.2. The Kier molecular flexibility index (Phi) is 6.19. The number of Topliss-reactive ketones (excluding diaryl/α,β-unsaturated/α-hetero) is 1. The Labute approximate surface area is 196 Å². The highest BCUT2D eigenvalue weighted by atomic mass is 32.2. The van der Waals surface area contributed by atoms with Gasteiger partial charge in [0.15, 0.2) is 15.6 Å². The average molecular weight is 493 g/mol. The van der Waals surface area contributed by atoms with Crippen LogP contribution >= 0.6 is 0 Å². The normalized spacial score (nSPS) is 26.4. The Bertz CT molecular complexity index is 1250. The summed E-state index contributed by atoms with van der Waals surface area (Å²) in [5, 5.41) is 0. The van der Waals surface area contributed by atoms with Gasteiger partial charge in [0, 0.05) is 18.5 Å². The molecule has 0 radical (unpaired) electrons. The van der Waals surface area contributed by atoms with Crippen LogP contribution in [0.3, 0.4) is 0 Å². The minimum atomic E-state index is -3.74. The molecule has 8 nitrogen and oxygen atoms in total. The van der Waals surface area contributed by atoms with Crippen LogP contribution in [0.15, 0.2) is 41.5 Å². The quantitative estimate of drug-likeness (QED) is 0.614. The third kappa shape index (κ3) is 4.18. The number of alkyl halides is 1. The monoisotopic (exact) mass is 492 g/mol. The first-order valence-corrected chi connectivity index (χ1v) is 12.4. The number of ketones is 1. The fourth-order valence-corrected chi connectivity index (χ4v) is 7.12. The zero-order chi connectivity index (χ0) is 24.7. The maximum Gasteiger partial charge on any atom is 0.228 e. The molecular weight excluding hydrogens is 466 g/mol. The third-order valence-electron chi connectivity index (χ3n) is 6.54. The topological polar surface area (TPSA) is 115 Å². The molecular formula is C23H26F2N4O4S. The van der Waals surface area contributed by atoms with Gasteiger partial charge in [-0.15, -0.1) is 0 Å². The number of pyridine rings is 1. The van der Waals surface area contributed by atoms with Crippen LogP contribution in [-0.2, 0) is 21.8 Å². The van der Waals surface area contributed by atoms with E-state index in [4.69, 9.17) is 5.73 Å². The Morgan fingerprint density at radius 1 is 1.29 bits per heavy atom. The Hall–Kier alpha value is -2.92. The molecule has 0 aliphatic carbocycles. The molecule has 1 fully saturated rings. The van der Waals surface area contributed by atoms with Crippen LogP contribution in [0.1, 0.15) is 35.0 Å². The number of aromatic nitrogens is 1. The lowest BCUT2D eigenvalue weighted by atomic mass is 9.90. The fourth-order valence-electron chi connectivity index (χ4n) is 4.70. The van der Waals surface area contributed by atoms with Crippen molar-refractivity contribution in [3.63, 3.8) is 0 Å². The van der Waals surface area contributed by atoms with Gasteiger partial charge in [0.2, 0.25) is 6.86 Å². The number of aliphatic imine (C=N–C) groups is 1. The summed E-state index contributed by atoms with van der Waals surface area (Å²) in [5.41, 5.74) is 5.47. The summed E-state index contributed by atoms with van der Waals surface area (Å²) in [6.07, 6.45) is 1.49. The van der Waals surface area contributed by atoms with Gasteiger partial charge in [0.1, 0.15) is 33.4 Å². The second-order valence-electron chi connectivity index (χ2n) is 9.06. The van der Waals surface area contributed by atoms with Gasteiger partial charge < -0.3 is 15.4 Å². The molecule has 1 aromatic heterocycles. The summed E-state index contributed by atoms with van der Waals surface area (Å²) in [6.45, 7) is 1.36. The first-order chi connectivity index (χ1) is 16.0. The van der Waals surface area contributed by atoms with Crippen molar-refractivity contribution in [1.29, 1.82) is 0 Å². The lowest BCUT2D eigenvalue weighted by Gasteiger charge is -2.39. The largest absolute Gasteiger partial charge is 0.461 e. The van der Waals surface area contributed by atoms with Crippen molar-refractivity contribution in [3.05, 3.63) is 59.2 Å². The highest BCUT2D eigenvalue weighted by Gasteiger charge is 2.57. The van der Waals surface area contributed by atoms with Crippen LogP contribution < -0.4 is 10.5 Å². The van der Waals surface area contributed by atoms with Crippen molar-refractivity contribution in [1.82, 2.24) is 9.88 Å². The van der Waals surface area contributed by atoms with Gasteiger partial charge in [-0.05, 0) is 56.8 Å². The van der Waals surface area contributed by atoms with Gasteiger partial charge in [0.25, 0.3) is 0 Å². The average Bonchev–Trinajstić information content (AvgIpc) is 3.18. The van der Waals surface area contributed by atoms with Gasteiger partial charge >= 0.3 is 0 Å². The summed E-state index contributed by atoms with van der Waals surface area (Å²) in [7, 11) is -1.92. The molecule has 1 saturated heterocycles. The van der Waals surface area contributed by atoms with E-state index in [1.54, 1.807) is 0 Å². The number of nitrogens with zero attached hydrogens (tertiary/aromatic N) is 3. The zero-order valence-corrected chi connectivity index (χ0v) is 19.7. The molecule has 0 bridgehead atoms. The van der Waals surface area contributed by atoms with Gasteiger partial charge in [-0.2, -0.15) is 0 Å². The van der Waals surface area contributed by atoms with E-state index >= 15 is 0 Å². The minimum Gasteiger partial charge on any atom is -0.461 e. The van der Waals surface area contributed by atoms with Crippen LogP contribution in [0.2, 0.25) is 0 Å². The summed E-state index contributed by atoms with van der Waals surface area (Å²) < 4.78 is 57.4. The summed E-state index contributed by atoms with van der Waals surface area (Å²) in [6, 6.07) is 6.95. The highest BCUT2D eigenvalue weighted by Crippen LogP contribution is 2.41. The number of halogens is 2. The van der Waals surface area contributed by atoms with Gasteiger partial charge in [-0.1, -0.05) is 6.07 Å². The van der Waals surface area contributed by atoms with Gasteiger partial charge in [-0.25, -0.2) is 22.2 Å². The molecule has 182 valence electrons. The Morgan fingerprint density at radius 2 is 2.06 bits per heavy atom. The number of nitrogens with two attached hydrogens (primary N) is 1. The van der Waals surface area contributed by atoms with Crippen LogP contribution in [0.5, 0.6) is 5.75 Å². The molecule has 2 atom stereocenters. The Balaban J connectivity index is 1.64. The molecule has 2 aliphatic rings. The lowest BCUT2D eigenvalue weighted by molar-refractivity contribution is 0.0988. The van der Waals surface area contributed by atoms with Crippen molar-refractivity contribution < 1.29 is 26.7 Å². The number of rotatable bonds is 6. The number of sulfone groups is 1. The summed E-state index contributed by atoms with van der Waals surface area (Å²) in [4.78, 5) is 23.1. The lowest BCUT2D eigenvalue weighted by Crippen LogP contribution is -2.59. The SMILES string of the molecule is CN1CCC2(C1)C(N)=N[C@](C)(c1cc(CC(=O)c3ccc(OCF)cn3)ccc1F)CS2(=O)=O. The second-order valence-corrected chi connectivity index (χ2v) is 11.4. The van der Waals surface area contributed by atoms with Crippen LogP contribution in [0.4, 0.5) is 8.78 Å². The maximum absolute atomic E-state index is 14.9. The predicted molar refractivity (Wildman–Crippen MR) is 123 cm³/mol. The number of hydrogen-bond acceptors (Lipinski definition) is 8. The van der Waals surface area contributed by atoms with Crippen LogP contribution in [-0.4, -0.2) is 67.4 Å². The molecule has 1 spiro atoms. The molecule has 4 rings (SSSR count). The number of hydrogen-bond donors (Lipinski definition) is 1. The molecule has 34 heavy (non-hydrogen) atoms. The van der Waals surface area contributed by atoms with Crippen molar-refractivity contribution >= 4 is 21.5 Å². The number of carbonyl (C=O) groups excluding carboxylic acids is 1. The minimum absolute atomic E-state index is 0.00809. The van der Waals surface area contributed by atoms with E-state index in [1.807, 2.05) is 11.9 Å². The van der Waals surface area contributed by atoms with Crippen LogP contribution in [0.25, 0.3) is 0 Å². The van der Waals surface area contributed by atoms with Crippen molar-refractivity contribution in [2.24, 2.45) is 10.7 Å². The molecule has 0 amide bonds. The number of ether oxygens (including phenoxy) is 1. The number of likely N-dealkylation sites (tertiary alicyclic amines) is 1. The second kappa shape index (κ2) is 8.70. The summed E-state index contributed by atoms with van der Waals surface area (Å²) >= 11 is 0. The molecule has 0 saturated carbocycles. The van der Waals surface area contributed by atoms with Gasteiger partial charge in [0.05, 0.1) is 11.9 Å². The van der Waals surface area contributed by atoms with Gasteiger partial charge in [-0.3, -0.25) is 9.79 Å². The molecule has 2 N–H and O–H groups in total. The molecule has 2 aliphatic heterocycles. The van der Waals surface area contributed by atoms with Crippen molar-refractivity contribution in [2.75, 3.05) is 32.8 Å². The molecule has 2 aromatic rings. The van der Waals surface area contributed by atoms with E-state index in [2.05, 4.69) is 14.7 Å². The molecule has 3 heterocycles. The zero-order valence-electron chi connectivity index (χ0n) is 18.9. The first-order valence-electron chi connectivity index (χ1n) is 10.7. The van der Waals surface area contributed by atoms with E-state index in [-0.39, 0.29) is 47.3 Å². The Morgan fingerprint density at radius 3 is 2.65 bits per heavy atom. The predicted octanol–water partition coefficient (Wildman–Crippen LogP) is 2.03. The van der Waals surface area contributed by atoms with Crippen molar-refractivity contribution in [3.8, 4) is 5.75 Å². The van der Waals surface area contributed by atoms with E-state index in [0.29, 0.717) is 18.5 Å². The molecule has 11 heteroatoms. The van der Waals surface area contributed by atoms with E-state index in [9.17, 15) is 22.0 Å². The van der Waals surface area contributed by atoms with Crippen molar-refractivity contribution in [2.45, 2.75) is 30.1 Å². The maximum atomic E-state index is 14.9. The molecule has 1 unspecified atom stereocenters. The molecule has 1 aromatic carbocycles. The highest BCUT2D eigenvalue weighted by molar-refractivity contribution is 7.93. The smallest absolute Gasteiger partial charge is 0.228 e. The third-order valence-corrected chi connectivity index (χ3v) is 9.22. The number of benzene rings is 1. The van der Waals surface area contributed by atoms with Crippen LogP contribution in [0, 0.1) is 5.82 Å². The van der Waals surface area contributed by atoms with E-state index in [0.717, 1.165) is 0 Å². The number of carbonyl (C=O) groups is 1. The standard InChI is InChI=1S/C23H26F2N4O4S/c1-22(13-34(31,32)23(21(26)28-22)7-8-29(2)12-23)17-9-15(3-5-18(17)25)10-20(30)19-6-4-16(11-27-19)33-14-24/h3-6,9,11H,7-8,10,12-14H2,1-2H3,(H2,26,28)/t22-,23?/m0/s1.